The van der Waals surface area contributed by atoms with Crippen LogP contribution in [0.5, 0.6) is 0 Å². The van der Waals surface area contributed by atoms with Gasteiger partial charge in [0.05, 0.1) is 0 Å². The molecule has 0 fully saturated rings. The van der Waals surface area contributed by atoms with Crippen molar-refractivity contribution < 1.29 is 9.32 Å². The monoisotopic (exact) mass is 432 g/mol. The summed E-state index contributed by atoms with van der Waals surface area (Å²) in [7, 11) is 1.77. The molecular weight excluding hydrogens is 408 g/mol. The van der Waals surface area contributed by atoms with Gasteiger partial charge in [-0.05, 0) is 24.6 Å². The van der Waals surface area contributed by atoms with E-state index in [0.29, 0.717) is 39.8 Å². The Balaban J connectivity index is 1.60. The second-order valence-corrected chi connectivity index (χ2v) is 8.33. The van der Waals surface area contributed by atoms with E-state index < -0.39 is 0 Å². The molecule has 0 unspecified atom stereocenters. The quantitative estimate of drug-likeness (QED) is 0.427. The maximum absolute atomic E-state index is 12.8. The van der Waals surface area contributed by atoms with Crippen LogP contribution in [0.15, 0.2) is 41.4 Å². The molecule has 0 saturated heterocycles. The average Bonchev–Trinajstić information content (AvgIpc) is 3.24. The fourth-order valence-corrected chi connectivity index (χ4v) is 3.06. The van der Waals surface area contributed by atoms with Crippen LogP contribution in [0, 0.1) is 6.92 Å². The number of fused-ring (bicyclic) bond motifs is 1. The first kappa shape index (κ1) is 21.2. The van der Waals surface area contributed by atoms with Gasteiger partial charge in [0, 0.05) is 29.8 Å². The van der Waals surface area contributed by atoms with E-state index in [1.165, 1.54) is 12.7 Å². The standard InChI is InChI=1S/C22H24N8O2/c1-12-6-7-13(21(31)29-16-9-15(32-30-16)22(2,3)4)8-14(12)28-20-18-17(24-11-27-20)19(23-5)26-10-25-18/h6-11H,1-5H3,(H,23,25,26)(H,24,27,28)(H,29,30,31). The summed E-state index contributed by atoms with van der Waals surface area (Å²) < 4.78 is 5.34. The lowest BCUT2D eigenvalue weighted by atomic mass is 9.93. The van der Waals surface area contributed by atoms with E-state index in [2.05, 4.69) is 41.0 Å². The molecule has 0 bridgehead atoms. The van der Waals surface area contributed by atoms with Crippen molar-refractivity contribution in [2.45, 2.75) is 33.1 Å². The highest BCUT2D eigenvalue weighted by atomic mass is 16.5. The topological polar surface area (TPSA) is 131 Å². The molecule has 3 N–H and O–H groups in total. The minimum absolute atomic E-state index is 0.200. The van der Waals surface area contributed by atoms with Crippen molar-refractivity contribution in [3.8, 4) is 0 Å². The molecule has 10 nitrogen and oxygen atoms in total. The number of hydrogen-bond donors (Lipinski definition) is 3. The molecule has 0 atom stereocenters. The molecule has 32 heavy (non-hydrogen) atoms. The summed E-state index contributed by atoms with van der Waals surface area (Å²) in [6, 6.07) is 7.10. The Kier molecular flexibility index (Phi) is 5.43. The van der Waals surface area contributed by atoms with E-state index in [1.54, 1.807) is 25.2 Å². The SMILES string of the molecule is CNc1ncnc2c(Nc3cc(C(=O)Nc4cc(C(C)(C)C)on4)ccc3C)ncnc12. The number of carbonyl (C=O) groups is 1. The number of amides is 1. The summed E-state index contributed by atoms with van der Waals surface area (Å²) >= 11 is 0. The molecule has 10 heteroatoms. The van der Waals surface area contributed by atoms with Gasteiger partial charge in [-0.15, -0.1) is 0 Å². The second-order valence-electron chi connectivity index (χ2n) is 8.33. The predicted molar refractivity (Wildman–Crippen MR) is 122 cm³/mol. The molecule has 4 aromatic rings. The molecular formula is C22H24N8O2. The first-order valence-corrected chi connectivity index (χ1v) is 10.1. The van der Waals surface area contributed by atoms with Crippen molar-refractivity contribution in [1.82, 2.24) is 25.1 Å². The van der Waals surface area contributed by atoms with Crippen molar-refractivity contribution in [3.05, 3.63) is 53.8 Å². The molecule has 3 heterocycles. The van der Waals surface area contributed by atoms with Gasteiger partial charge in [0.1, 0.15) is 29.4 Å². The average molecular weight is 432 g/mol. The van der Waals surface area contributed by atoms with E-state index in [0.717, 1.165) is 11.3 Å². The maximum Gasteiger partial charge on any atom is 0.256 e. The van der Waals surface area contributed by atoms with Gasteiger partial charge < -0.3 is 20.5 Å². The van der Waals surface area contributed by atoms with Gasteiger partial charge in [0.2, 0.25) is 0 Å². The summed E-state index contributed by atoms with van der Waals surface area (Å²) in [4.78, 5) is 29.9. The van der Waals surface area contributed by atoms with Gasteiger partial charge >= 0.3 is 0 Å². The number of rotatable bonds is 5. The summed E-state index contributed by atoms with van der Waals surface area (Å²) in [5.41, 5.74) is 3.08. The number of nitrogens with one attached hydrogen (secondary N) is 3. The number of hydrogen-bond acceptors (Lipinski definition) is 9. The van der Waals surface area contributed by atoms with Crippen LogP contribution in [-0.2, 0) is 5.41 Å². The third-order valence-corrected chi connectivity index (χ3v) is 4.90. The minimum atomic E-state index is -0.297. The lowest BCUT2D eigenvalue weighted by Gasteiger charge is -2.13. The third kappa shape index (κ3) is 4.20. The molecule has 0 spiro atoms. The lowest BCUT2D eigenvalue weighted by molar-refractivity contribution is 0.102. The zero-order valence-corrected chi connectivity index (χ0v) is 18.5. The van der Waals surface area contributed by atoms with Crippen molar-refractivity contribution in [2.24, 2.45) is 0 Å². The zero-order chi connectivity index (χ0) is 22.9. The van der Waals surface area contributed by atoms with E-state index in [9.17, 15) is 4.79 Å². The van der Waals surface area contributed by atoms with Crippen molar-refractivity contribution >= 4 is 40.1 Å². The molecule has 4 rings (SSSR count). The molecule has 0 aliphatic heterocycles. The normalized spacial score (nSPS) is 11.4. The number of carbonyl (C=O) groups excluding carboxylic acids is 1. The fourth-order valence-electron chi connectivity index (χ4n) is 3.06. The van der Waals surface area contributed by atoms with Gasteiger partial charge in [0.15, 0.2) is 17.5 Å². The van der Waals surface area contributed by atoms with Crippen molar-refractivity contribution in [3.63, 3.8) is 0 Å². The number of aromatic nitrogens is 5. The first-order valence-electron chi connectivity index (χ1n) is 10.1. The van der Waals surface area contributed by atoms with Gasteiger partial charge in [-0.1, -0.05) is 32.0 Å². The van der Waals surface area contributed by atoms with Crippen LogP contribution < -0.4 is 16.0 Å². The van der Waals surface area contributed by atoms with Crippen molar-refractivity contribution in [2.75, 3.05) is 23.0 Å². The molecule has 1 aromatic carbocycles. The van der Waals surface area contributed by atoms with Gasteiger partial charge in [-0.2, -0.15) is 0 Å². The van der Waals surface area contributed by atoms with E-state index in [1.807, 2.05) is 33.8 Å². The Morgan fingerprint density at radius 1 is 0.969 bits per heavy atom. The lowest BCUT2D eigenvalue weighted by Crippen LogP contribution is -2.13. The van der Waals surface area contributed by atoms with E-state index in [-0.39, 0.29) is 11.3 Å². The summed E-state index contributed by atoms with van der Waals surface area (Å²) in [5, 5.41) is 13.0. The molecule has 0 saturated carbocycles. The Morgan fingerprint density at radius 2 is 1.66 bits per heavy atom. The van der Waals surface area contributed by atoms with Crippen LogP contribution in [0.1, 0.15) is 42.5 Å². The number of benzene rings is 1. The summed E-state index contributed by atoms with van der Waals surface area (Å²) in [6.07, 6.45) is 2.89. The summed E-state index contributed by atoms with van der Waals surface area (Å²) in [6.45, 7) is 7.98. The van der Waals surface area contributed by atoms with Crippen LogP contribution in [0.4, 0.5) is 23.1 Å². The Hall–Kier alpha value is -4.08. The molecule has 3 aromatic heterocycles. The third-order valence-electron chi connectivity index (χ3n) is 4.90. The summed E-state index contributed by atoms with van der Waals surface area (Å²) in [5.74, 6) is 1.88. The second kappa shape index (κ2) is 8.22. The first-order chi connectivity index (χ1) is 15.3. The number of nitrogens with zero attached hydrogens (tertiary/aromatic N) is 5. The molecule has 1 amide bonds. The van der Waals surface area contributed by atoms with Crippen molar-refractivity contribution in [1.29, 1.82) is 0 Å². The number of aryl methyl sites for hydroxylation is 1. The molecule has 0 aliphatic rings. The highest BCUT2D eigenvalue weighted by molar-refractivity contribution is 6.04. The highest BCUT2D eigenvalue weighted by Gasteiger charge is 2.21. The van der Waals surface area contributed by atoms with Gasteiger partial charge in [-0.25, -0.2) is 19.9 Å². The Bertz CT molecular complexity index is 1290. The van der Waals surface area contributed by atoms with Gasteiger partial charge in [0.25, 0.3) is 5.91 Å². The molecule has 164 valence electrons. The minimum Gasteiger partial charge on any atom is -0.371 e. The predicted octanol–water partition coefficient (Wildman–Crippen LogP) is 4.05. The van der Waals surface area contributed by atoms with Crippen LogP contribution in [-0.4, -0.2) is 38.0 Å². The van der Waals surface area contributed by atoms with Crippen LogP contribution in [0.2, 0.25) is 0 Å². The Morgan fingerprint density at radius 3 is 2.31 bits per heavy atom. The Labute approximate surface area is 184 Å². The highest BCUT2D eigenvalue weighted by Crippen LogP contribution is 2.27. The van der Waals surface area contributed by atoms with E-state index in [4.69, 9.17) is 4.52 Å². The fraction of sp³-hybridized carbons (Fsp3) is 0.273. The smallest absolute Gasteiger partial charge is 0.256 e. The zero-order valence-electron chi connectivity index (χ0n) is 18.5. The largest absolute Gasteiger partial charge is 0.371 e. The van der Waals surface area contributed by atoms with Crippen LogP contribution in [0.25, 0.3) is 11.0 Å². The molecule has 0 aliphatic carbocycles. The molecule has 0 radical (unpaired) electrons. The van der Waals surface area contributed by atoms with Crippen LogP contribution in [0.3, 0.4) is 0 Å². The maximum atomic E-state index is 12.8. The van der Waals surface area contributed by atoms with E-state index >= 15 is 0 Å². The van der Waals surface area contributed by atoms with Crippen LogP contribution >= 0.6 is 0 Å². The number of anilines is 4. The van der Waals surface area contributed by atoms with Gasteiger partial charge in [-0.3, -0.25) is 4.79 Å².